The maximum atomic E-state index is 5.49. The fraction of sp³-hybridized carbons (Fsp3) is 0.545. The molecule has 0 unspecified atom stereocenters. The van der Waals surface area contributed by atoms with Gasteiger partial charge >= 0.3 is 0 Å². The summed E-state index contributed by atoms with van der Waals surface area (Å²) in [7, 11) is 0. The Bertz CT molecular complexity index is 296. The summed E-state index contributed by atoms with van der Waals surface area (Å²) in [5.41, 5.74) is 6.63. The molecule has 1 aromatic rings. The molecule has 1 heterocycles. The lowest BCUT2D eigenvalue weighted by Crippen LogP contribution is -2.22. The lowest BCUT2D eigenvalue weighted by molar-refractivity contribution is 0.308. The number of rotatable bonds is 7. The molecule has 0 radical (unpaired) electrons. The molecule has 0 amide bonds. The van der Waals surface area contributed by atoms with Gasteiger partial charge in [-0.3, -0.25) is 4.90 Å². The van der Waals surface area contributed by atoms with Gasteiger partial charge in [0, 0.05) is 24.9 Å². The second-order valence-electron chi connectivity index (χ2n) is 3.39. The van der Waals surface area contributed by atoms with Gasteiger partial charge in [-0.05, 0) is 13.1 Å². The summed E-state index contributed by atoms with van der Waals surface area (Å²) in [4.78, 5) is 6.83. The molecular formula is C11H19N3S. The Morgan fingerprint density at radius 3 is 3.07 bits per heavy atom. The van der Waals surface area contributed by atoms with Crippen LogP contribution in [0.5, 0.6) is 0 Å². The summed E-state index contributed by atoms with van der Waals surface area (Å²) in [6, 6.07) is 0. The molecule has 0 saturated carbocycles. The quantitative estimate of drug-likeness (QED) is 0.718. The van der Waals surface area contributed by atoms with Crippen LogP contribution < -0.4 is 5.73 Å². The van der Waals surface area contributed by atoms with Gasteiger partial charge in [0.2, 0.25) is 0 Å². The van der Waals surface area contributed by atoms with Crippen molar-refractivity contribution >= 4 is 11.3 Å². The molecule has 0 aromatic carbocycles. The predicted octanol–water partition coefficient (Wildman–Crippen LogP) is 1.65. The van der Waals surface area contributed by atoms with Crippen molar-refractivity contribution in [3.8, 4) is 0 Å². The van der Waals surface area contributed by atoms with Gasteiger partial charge in [0.15, 0.2) is 0 Å². The van der Waals surface area contributed by atoms with Gasteiger partial charge in [0.1, 0.15) is 0 Å². The number of thiazole rings is 1. The Balaban J connectivity index is 2.50. The van der Waals surface area contributed by atoms with Crippen LogP contribution in [0.4, 0.5) is 0 Å². The normalized spacial score (nSPS) is 10.9. The predicted molar refractivity (Wildman–Crippen MR) is 66.0 cm³/mol. The number of nitrogens with zero attached hydrogens (tertiary/aromatic N) is 2. The maximum absolute atomic E-state index is 5.49. The zero-order valence-electron chi connectivity index (χ0n) is 9.28. The fourth-order valence-corrected chi connectivity index (χ4v) is 2.18. The first-order valence-electron chi connectivity index (χ1n) is 5.26. The van der Waals surface area contributed by atoms with E-state index in [-0.39, 0.29) is 0 Å². The Hall–Kier alpha value is -0.710. The van der Waals surface area contributed by atoms with Gasteiger partial charge in [-0.25, -0.2) is 4.98 Å². The molecule has 4 heteroatoms. The molecule has 0 aliphatic heterocycles. The smallest absolute Gasteiger partial charge is 0.0941 e. The average molecular weight is 225 g/mol. The van der Waals surface area contributed by atoms with Crippen LogP contribution >= 0.6 is 11.3 Å². The highest BCUT2D eigenvalue weighted by Gasteiger charge is 2.05. The summed E-state index contributed by atoms with van der Waals surface area (Å²) in [5, 5.41) is 3.26. The summed E-state index contributed by atoms with van der Waals surface area (Å²) in [6.45, 7) is 9.42. The SMILES string of the molecule is C=CCN(CC)Cc1csc(CCN)n1. The third-order valence-electron chi connectivity index (χ3n) is 2.18. The van der Waals surface area contributed by atoms with Crippen molar-refractivity contribution in [3.05, 3.63) is 28.7 Å². The summed E-state index contributed by atoms with van der Waals surface area (Å²) in [6.07, 6.45) is 2.81. The van der Waals surface area contributed by atoms with Gasteiger partial charge in [-0.2, -0.15) is 0 Å². The molecular weight excluding hydrogens is 206 g/mol. The van der Waals surface area contributed by atoms with Crippen molar-refractivity contribution in [3.63, 3.8) is 0 Å². The van der Waals surface area contributed by atoms with Crippen LogP contribution in [0.15, 0.2) is 18.0 Å². The first-order chi connectivity index (χ1) is 7.30. The zero-order chi connectivity index (χ0) is 11.1. The van der Waals surface area contributed by atoms with E-state index >= 15 is 0 Å². The number of nitrogens with two attached hydrogens (primary N) is 1. The molecule has 3 nitrogen and oxygen atoms in total. The van der Waals surface area contributed by atoms with Crippen molar-refractivity contribution < 1.29 is 0 Å². The summed E-state index contributed by atoms with van der Waals surface area (Å²) >= 11 is 1.70. The van der Waals surface area contributed by atoms with E-state index in [0.29, 0.717) is 6.54 Å². The third kappa shape index (κ3) is 4.11. The minimum Gasteiger partial charge on any atom is -0.330 e. The molecule has 0 saturated heterocycles. The van der Waals surface area contributed by atoms with Crippen LogP contribution in [-0.2, 0) is 13.0 Å². The van der Waals surface area contributed by atoms with Crippen LogP contribution in [0, 0.1) is 0 Å². The van der Waals surface area contributed by atoms with Crippen LogP contribution in [0.1, 0.15) is 17.6 Å². The van der Waals surface area contributed by atoms with Crippen molar-refractivity contribution in [1.82, 2.24) is 9.88 Å². The standard InChI is InChI=1S/C11H19N3S/c1-3-7-14(4-2)8-10-9-15-11(13-10)5-6-12/h3,9H,1,4-8,12H2,2H3. The molecule has 0 atom stereocenters. The van der Waals surface area contributed by atoms with E-state index < -0.39 is 0 Å². The number of aromatic nitrogens is 1. The lowest BCUT2D eigenvalue weighted by Gasteiger charge is -2.16. The molecule has 0 aliphatic carbocycles. The number of hydrogen-bond acceptors (Lipinski definition) is 4. The largest absolute Gasteiger partial charge is 0.330 e. The van der Waals surface area contributed by atoms with Crippen LogP contribution in [-0.4, -0.2) is 29.5 Å². The maximum Gasteiger partial charge on any atom is 0.0941 e. The van der Waals surface area contributed by atoms with E-state index in [2.05, 4.69) is 28.8 Å². The van der Waals surface area contributed by atoms with Crippen LogP contribution in [0.3, 0.4) is 0 Å². The van der Waals surface area contributed by atoms with E-state index in [1.807, 2.05) is 6.08 Å². The highest BCUT2D eigenvalue weighted by atomic mass is 32.1. The van der Waals surface area contributed by atoms with Crippen LogP contribution in [0.25, 0.3) is 0 Å². The zero-order valence-corrected chi connectivity index (χ0v) is 10.1. The fourth-order valence-electron chi connectivity index (χ4n) is 1.38. The van der Waals surface area contributed by atoms with Gasteiger partial charge in [-0.1, -0.05) is 13.0 Å². The molecule has 0 bridgehead atoms. The molecule has 84 valence electrons. The molecule has 0 aliphatic rings. The van der Waals surface area contributed by atoms with E-state index in [1.54, 1.807) is 11.3 Å². The van der Waals surface area contributed by atoms with Crippen molar-refractivity contribution in [1.29, 1.82) is 0 Å². The minimum atomic E-state index is 0.678. The first kappa shape index (κ1) is 12.4. The molecule has 1 rings (SSSR count). The van der Waals surface area contributed by atoms with Gasteiger partial charge in [0.05, 0.1) is 10.7 Å². The summed E-state index contributed by atoms with van der Waals surface area (Å²) in [5.74, 6) is 0. The van der Waals surface area contributed by atoms with E-state index in [4.69, 9.17) is 5.73 Å². The van der Waals surface area contributed by atoms with Gasteiger partial charge < -0.3 is 5.73 Å². The summed E-state index contributed by atoms with van der Waals surface area (Å²) < 4.78 is 0. The van der Waals surface area contributed by atoms with Gasteiger partial charge in [0.25, 0.3) is 0 Å². The van der Waals surface area contributed by atoms with Gasteiger partial charge in [-0.15, -0.1) is 17.9 Å². The van der Waals surface area contributed by atoms with Crippen molar-refractivity contribution in [2.45, 2.75) is 19.9 Å². The van der Waals surface area contributed by atoms with Crippen LogP contribution in [0.2, 0.25) is 0 Å². The Kier molecular flexibility index (Phi) is 5.53. The van der Waals surface area contributed by atoms with E-state index in [1.165, 1.54) is 0 Å². The molecule has 2 N–H and O–H groups in total. The average Bonchev–Trinajstić information content (AvgIpc) is 2.66. The first-order valence-corrected chi connectivity index (χ1v) is 6.14. The molecule has 15 heavy (non-hydrogen) atoms. The molecule has 1 aromatic heterocycles. The topological polar surface area (TPSA) is 42.1 Å². The monoisotopic (exact) mass is 225 g/mol. The number of likely N-dealkylation sites (N-methyl/N-ethyl adjacent to an activating group) is 1. The molecule has 0 fully saturated rings. The number of hydrogen-bond donors (Lipinski definition) is 1. The second-order valence-corrected chi connectivity index (χ2v) is 4.33. The minimum absolute atomic E-state index is 0.678. The van der Waals surface area contributed by atoms with E-state index in [9.17, 15) is 0 Å². The highest BCUT2D eigenvalue weighted by molar-refractivity contribution is 7.09. The Labute approximate surface area is 95.6 Å². The lowest BCUT2D eigenvalue weighted by atomic mass is 10.4. The Morgan fingerprint density at radius 2 is 2.47 bits per heavy atom. The molecule has 0 spiro atoms. The van der Waals surface area contributed by atoms with Crippen molar-refractivity contribution in [2.24, 2.45) is 5.73 Å². The highest BCUT2D eigenvalue weighted by Crippen LogP contribution is 2.11. The Morgan fingerprint density at radius 1 is 1.67 bits per heavy atom. The third-order valence-corrected chi connectivity index (χ3v) is 3.14. The van der Waals surface area contributed by atoms with E-state index in [0.717, 1.165) is 36.8 Å². The van der Waals surface area contributed by atoms with Crippen molar-refractivity contribution in [2.75, 3.05) is 19.6 Å². The second kappa shape index (κ2) is 6.71.